The summed E-state index contributed by atoms with van der Waals surface area (Å²) < 4.78 is 5.50. The van der Waals surface area contributed by atoms with Crippen molar-refractivity contribution in [3.05, 3.63) is 52.4 Å². The minimum atomic E-state index is 0.399. The van der Waals surface area contributed by atoms with Gasteiger partial charge in [-0.25, -0.2) is 0 Å². The van der Waals surface area contributed by atoms with Crippen molar-refractivity contribution in [1.82, 2.24) is 10.1 Å². The maximum Gasteiger partial charge on any atom is 0.139 e. The van der Waals surface area contributed by atoms with Crippen molar-refractivity contribution in [3.8, 4) is 0 Å². The van der Waals surface area contributed by atoms with E-state index in [-0.39, 0.29) is 0 Å². The highest BCUT2D eigenvalue weighted by Crippen LogP contribution is 2.33. The Balaban J connectivity index is 1.76. The predicted octanol–water partition coefficient (Wildman–Crippen LogP) is 4.75. The number of rotatable bonds is 4. The van der Waals surface area contributed by atoms with Gasteiger partial charge in [0.1, 0.15) is 11.5 Å². The van der Waals surface area contributed by atoms with Crippen LogP contribution in [0.25, 0.3) is 0 Å². The van der Waals surface area contributed by atoms with Crippen LogP contribution in [0.5, 0.6) is 0 Å². The van der Waals surface area contributed by atoms with Crippen LogP contribution in [0.2, 0.25) is 0 Å². The summed E-state index contributed by atoms with van der Waals surface area (Å²) in [6, 6.07) is 9.34. The predicted molar refractivity (Wildman–Crippen MR) is 88.9 cm³/mol. The van der Waals surface area contributed by atoms with Gasteiger partial charge in [0.2, 0.25) is 0 Å². The molecule has 1 aromatic carbocycles. The fraction of sp³-hybridized carbons (Fsp3) is 0.526. The average molecular weight is 298 g/mol. The van der Waals surface area contributed by atoms with Crippen LogP contribution >= 0.6 is 0 Å². The zero-order chi connectivity index (χ0) is 15.7. The molecule has 1 saturated heterocycles. The molecule has 1 atom stereocenters. The second-order valence-electron chi connectivity index (χ2n) is 6.86. The van der Waals surface area contributed by atoms with Gasteiger partial charge in [-0.2, -0.15) is 0 Å². The van der Waals surface area contributed by atoms with E-state index in [2.05, 4.69) is 62.0 Å². The maximum atomic E-state index is 5.50. The van der Waals surface area contributed by atoms with E-state index in [1.807, 2.05) is 0 Å². The molecule has 0 N–H and O–H groups in total. The normalized spacial score (nSPS) is 19.2. The summed E-state index contributed by atoms with van der Waals surface area (Å²) in [4.78, 5) is 2.53. The molecule has 0 aliphatic carbocycles. The lowest BCUT2D eigenvalue weighted by Crippen LogP contribution is -2.23. The molecule has 1 aliphatic heterocycles. The molecule has 0 spiro atoms. The minimum absolute atomic E-state index is 0.399. The molecule has 22 heavy (non-hydrogen) atoms. The molecule has 3 nitrogen and oxygen atoms in total. The third kappa shape index (κ3) is 3.09. The smallest absolute Gasteiger partial charge is 0.139 e. The van der Waals surface area contributed by atoms with E-state index in [9.17, 15) is 0 Å². The molecule has 1 aliphatic rings. The molecule has 0 radical (unpaired) electrons. The molecule has 0 bridgehead atoms. The Hall–Kier alpha value is -1.61. The van der Waals surface area contributed by atoms with Crippen LogP contribution < -0.4 is 0 Å². The quantitative estimate of drug-likeness (QED) is 0.815. The van der Waals surface area contributed by atoms with Gasteiger partial charge in [-0.3, -0.25) is 4.90 Å². The molecule has 0 amide bonds. The molecule has 2 aromatic rings. The molecule has 1 aromatic heterocycles. The molecule has 3 heteroatoms. The fourth-order valence-electron chi connectivity index (χ4n) is 3.22. The third-order valence-electron chi connectivity index (χ3n) is 4.78. The molecular weight excluding hydrogens is 272 g/mol. The lowest BCUT2D eigenvalue weighted by atomic mass is 10.0. The van der Waals surface area contributed by atoms with Crippen molar-refractivity contribution < 1.29 is 4.52 Å². The average Bonchev–Trinajstić information content (AvgIpc) is 3.11. The zero-order valence-corrected chi connectivity index (χ0v) is 14.1. The van der Waals surface area contributed by atoms with E-state index in [1.54, 1.807) is 0 Å². The van der Waals surface area contributed by atoms with Crippen molar-refractivity contribution >= 4 is 0 Å². The van der Waals surface area contributed by atoms with Crippen molar-refractivity contribution in [2.75, 3.05) is 6.54 Å². The topological polar surface area (TPSA) is 29.3 Å². The minimum Gasteiger partial charge on any atom is -0.361 e. The summed E-state index contributed by atoms with van der Waals surface area (Å²) in [6.07, 6.45) is 2.41. The second kappa shape index (κ2) is 6.25. The summed E-state index contributed by atoms with van der Waals surface area (Å²) in [6.45, 7) is 10.8. The highest BCUT2D eigenvalue weighted by molar-refractivity contribution is 5.30. The van der Waals surface area contributed by atoms with Crippen molar-refractivity contribution in [2.24, 2.45) is 0 Å². The van der Waals surface area contributed by atoms with Crippen LogP contribution in [0.15, 0.2) is 28.8 Å². The first kappa shape index (κ1) is 15.3. The molecule has 1 fully saturated rings. The molecule has 118 valence electrons. The van der Waals surface area contributed by atoms with E-state index in [4.69, 9.17) is 4.52 Å². The number of hydrogen-bond donors (Lipinski definition) is 0. The van der Waals surface area contributed by atoms with Crippen LogP contribution in [0, 0.1) is 13.8 Å². The summed E-state index contributed by atoms with van der Waals surface area (Å²) in [5.74, 6) is 1.39. The first-order chi connectivity index (χ1) is 10.5. The monoisotopic (exact) mass is 298 g/mol. The fourth-order valence-corrected chi connectivity index (χ4v) is 3.22. The Labute approximate surface area is 133 Å². The summed E-state index contributed by atoms with van der Waals surface area (Å²) in [5, 5.41) is 4.33. The largest absolute Gasteiger partial charge is 0.361 e. The van der Waals surface area contributed by atoms with Gasteiger partial charge in [0.05, 0.1) is 6.04 Å². The first-order valence-electron chi connectivity index (χ1n) is 8.31. The SMILES string of the molecule is Cc1ccc(CN2CCC[C@@H]2c2cc(C(C)C)on2)cc1C. The maximum absolute atomic E-state index is 5.50. The lowest BCUT2D eigenvalue weighted by Gasteiger charge is -2.23. The Morgan fingerprint density at radius 3 is 2.73 bits per heavy atom. The second-order valence-corrected chi connectivity index (χ2v) is 6.86. The lowest BCUT2D eigenvalue weighted by molar-refractivity contribution is 0.236. The van der Waals surface area contributed by atoms with Crippen LogP contribution in [0.1, 0.15) is 66.8 Å². The first-order valence-corrected chi connectivity index (χ1v) is 8.31. The van der Waals surface area contributed by atoms with Crippen LogP contribution in [-0.2, 0) is 6.54 Å². The van der Waals surface area contributed by atoms with Gasteiger partial charge in [0.15, 0.2) is 0 Å². The van der Waals surface area contributed by atoms with Gasteiger partial charge in [-0.1, -0.05) is 37.2 Å². The Kier molecular flexibility index (Phi) is 4.34. The Morgan fingerprint density at radius 1 is 1.23 bits per heavy atom. The van der Waals surface area contributed by atoms with Crippen LogP contribution in [0.3, 0.4) is 0 Å². The van der Waals surface area contributed by atoms with E-state index in [1.165, 1.54) is 29.5 Å². The van der Waals surface area contributed by atoms with E-state index >= 15 is 0 Å². The number of likely N-dealkylation sites (tertiary alicyclic amines) is 1. The number of benzene rings is 1. The summed E-state index contributed by atoms with van der Waals surface area (Å²) in [7, 11) is 0. The number of nitrogens with zero attached hydrogens (tertiary/aromatic N) is 2. The van der Waals surface area contributed by atoms with Gasteiger partial charge in [0.25, 0.3) is 0 Å². The molecule has 2 heterocycles. The molecule has 0 unspecified atom stereocenters. The number of aromatic nitrogens is 1. The molecule has 0 saturated carbocycles. The van der Waals surface area contributed by atoms with Crippen LogP contribution in [-0.4, -0.2) is 16.6 Å². The summed E-state index contributed by atoms with van der Waals surface area (Å²) in [5.41, 5.74) is 5.23. The van der Waals surface area contributed by atoms with Crippen molar-refractivity contribution in [3.63, 3.8) is 0 Å². The summed E-state index contributed by atoms with van der Waals surface area (Å²) >= 11 is 0. The van der Waals surface area contributed by atoms with Gasteiger partial charge in [-0.15, -0.1) is 0 Å². The van der Waals surface area contributed by atoms with Gasteiger partial charge in [0, 0.05) is 18.5 Å². The molecule has 3 rings (SSSR count). The van der Waals surface area contributed by atoms with Gasteiger partial charge in [-0.05, 0) is 49.9 Å². The Bertz CT molecular complexity index is 645. The van der Waals surface area contributed by atoms with E-state index in [0.29, 0.717) is 12.0 Å². The van der Waals surface area contributed by atoms with Crippen LogP contribution in [0.4, 0.5) is 0 Å². The number of aryl methyl sites for hydroxylation is 2. The number of hydrogen-bond acceptors (Lipinski definition) is 3. The highest BCUT2D eigenvalue weighted by atomic mass is 16.5. The van der Waals surface area contributed by atoms with Crippen molar-refractivity contribution in [2.45, 2.75) is 59.0 Å². The Morgan fingerprint density at radius 2 is 2.05 bits per heavy atom. The highest BCUT2D eigenvalue weighted by Gasteiger charge is 2.29. The van der Waals surface area contributed by atoms with Gasteiger partial charge < -0.3 is 4.52 Å². The van der Waals surface area contributed by atoms with E-state index in [0.717, 1.165) is 24.5 Å². The molecular formula is C19H26N2O. The van der Waals surface area contributed by atoms with Gasteiger partial charge >= 0.3 is 0 Å². The standard InChI is InChI=1S/C19H26N2O/c1-13(2)19-11-17(20-22-19)18-6-5-9-21(18)12-16-8-7-14(3)15(4)10-16/h7-8,10-11,13,18H,5-6,9,12H2,1-4H3/t18-/m1/s1. The zero-order valence-electron chi connectivity index (χ0n) is 14.1. The van der Waals surface area contributed by atoms with Crippen molar-refractivity contribution in [1.29, 1.82) is 0 Å². The third-order valence-corrected chi connectivity index (χ3v) is 4.78. The van der Waals surface area contributed by atoms with E-state index < -0.39 is 0 Å².